The zero-order chi connectivity index (χ0) is 12.6. The number of hydrogen-bond acceptors (Lipinski definition) is 3. The highest BCUT2D eigenvalue weighted by Gasteiger charge is 2.10. The number of aryl methyl sites for hydroxylation is 1. The lowest BCUT2D eigenvalue weighted by atomic mass is 10.1. The Balaban J connectivity index is 2.83. The Morgan fingerprint density at radius 3 is 2.65 bits per heavy atom. The van der Waals surface area contributed by atoms with Gasteiger partial charge in [0, 0.05) is 17.0 Å². The van der Waals surface area contributed by atoms with Crippen LogP contribution in [-0.2, 0) is 0 Å². The number of H-pyrrole nitrogens is 1. The van der Waals surface area contributed by atoms with Crippen LogP contribution in [0.1, 0.15) is 24.1 Å². The number of aromatic amines is 1. The predicted molar refractivity (Wildman–Crippen MR) is 68.5 cm³/mol. The molecule has 4 nitrogen and oxygen atoms in total. The van der Waals surface area contributed by atoms with Gasteiger partial charge in [-0.1, -0.05) is 0 Å². The summed E-state index contributed by atoms with van der Waals surface area (Å²) in [4.78, 5) is 14.7. The van der Waals surface area contributed by atoms with Crippen LogP contribution in [0.3, 0.4) is 0 Å². The van der Waals surface area contributed by atoms with Crippen LogP contribution in [0.2, 0.25) is 0 Å². The van der Waals surface area contributed by atoms with E-state index in [4.69, 9.17) is 10.5 Å². The normalized spacial score (nSPS) is 12.7. The Bertz CT molecular complexity index is 615. The molecule has 0 radical (unpaired) electrons. The van der Waals surface area contributed by atoms with E-state index in [1.807, 2.05) is 25.1 Å². The lowest BCUT2D eigenvalue weighted by Gasteiger charge is -2.10. The van der Waals surface area contributed by atoms with Gasteiger partial charge in [-0.15, -0.1) is 0 Å². The second kappa shape index (κ2) is 4.22. The lowest BCUT2D eigenvalue weighted by Crippen LogP contribution is -2.19. The fraction of sp³-hybridized carbons (Fsp3) is 0.308. The number of benzene rings is 1. The highest BCUT2D eigenvalue weighted by atomic mass is 16.5. The third-order valence-electron chi connectivity index (χ3n) is 2.80. The summed E-state index contributed by atoms with van der Waals surface area (Å²) >= 11 is 0. The van der Waals surface area contributed by atoms with Gasteiger partial charge in [0.1, 0.15) is 5.75 Å². The minimum atomic E-state index is -0.283. The summed E-state index contributed by atoms with van der Waals surface area (Å²) < 4.78 is 5.26. The third kappa shape index (κ3) is 2.03. The van der Waals surface area contributed by atoms with Gasteiger partial charge in [-0.3, -0.25) is 4.79 Å². The number of hydrogen-bond donors (Lipinski definition) is 2. The molecule has 0 aliphatic carbocycles. The van der Waals surface area contributed by atoms with Crippen LogP contribution in [0.25, 0.3) is 10.9 Å². The molecule has 0 aliphatic heterocycles. The van der Waals surface area contributed by atoms with Gasteiger partial charge in [-0.25, -0.2) is 0 Å². The molecule has 2 rings (SSSR count). The van der Waals surface area contributed by atoms with Crippen molar-refractivity contribution in [2.24, 2.45) is 5.73 Å². The van der Waals surface area contributed by atoms with Gasteiger partial charge in [-0.05, 0) is 37.6 Å². The van der Waals surface area contributed by atoms with Crippen molar-refractivity contribution in [3.05, 3.63) is 39.7 Å². The summed E-state index contributed by atoms with van der Waals surface area (Å²) in [5.41, 5.74) is 7.99. The molecule has 1 atom stereocenters. The molecule has 0 fully saturated rings. The zero-order valence-corrected chi connectivity index (χ0v) is 10.2. The molecule has 0 amide bonds. The highest BCUT2D eigenvalue weighted by molar-refractivity contribution is 5.85. The Hall–Kier alpha value is -1.81. The standard InChI is InChI=1S/C13H16N2O2/c1-7-4-9-6-10(8(2)14)13(16)15-12(9)11(5-7)17-3/h4-6,8H,14H2,1-3H3,(H,15,16). The summed E-state index contributed by atoms with van der Waals surface area (Å²) in [6.07, 6.45) is 0. The smallest absolute Gasteiger partial charge is 0.253 e. The largest absolute Gasteiger partial charge is 0.495 e. The van der Waals surface area contributed by atoms with E-state index in [0.29, 0.717) is 16.8 Å². The SMILES string of the molecule is COc1cc(C)cc2cc(C(C)N)c(=O)[nH]c12. The summed E-state index contributed by atoms with van der Waals surface area (Å²) in [6, 6.07) is 5.44. The van der Waals surface area contributed by atoms with E-state index < -0.39 is 0 Å². The zero-order valence-electron chi connectivity index (χ0n) is 10.2. The van der Waals surface area contributed by atoms with E-state index in [2.05, 4.69) is 4.98 Å². The van der Waals surface area contributed by atoms with Gasteiger partial charge in [0.15, 0.2) is 0 Å². The van der Waals surface area contributed by atoms with E-state index in [1.165, 1.54) is 0 Å². The molecule has 90 valence electrons. The minimum absolute atomic E-state index is 0.158. The third-order valence-corrected chi connectivity index (χ3v) is 2.80. The van der Waals surface area contributed by atoms with Crippen molar-refractivity contribution in [1.82, 2.24) is 4.98 Å². The maximum atomic E-state index is 11.8. The van der Waals surface area contributed by atoms with E-state index in [1.54, 1.807) is 14.0 Å². The van der Waals surface area contributed by atoms with Crippen LogP contribution < -0.4 is 16.0 Å². The van der Waals surface area contributed by atoms with Crippen molar-refractivity contribution >= 4 is 10.9 Å². The molecule has 4 heteroatoms. The van der Waals surface area contributed by atoms with Crippen LogP contribution in [0.15, 0.2) is 23.0 Å². The number of pyridine rings is 1. The molecule has 0 saturated heterocycles. The molecule has 0 spiro atoms. The molecule has 0 aliphatic rings. The van der Waals surface area contributed by atoms with Crippen molar-refractivity contribution in [3.63, 3.8) is 0 Å². The van der Waals surface area contributed by atoms with Crippen LogP contribution in [0, 0.1) is 6.92 Å². The van der Waals surface area contributed by atoms with Crippen molar-refractivity contribution < 1.29 is 4.74 Å². The first-order valence-electron chi connectivity index (χ1n) is 5.50. The first-order valence-corrected chi connectivity index (χ1v) is 5.50. The molecule has 2 aromatic rings. The number of fused-ring (bicyclic) bond motifs is 1. The average Bonchev–Trinajstić information content (AvgIpc) is 2.27. The summed E-state index contributed by atoms with van der Waals surface area (Å²) in [7, 11) is 1.59. The fourth-order valence-electron chi connectivity index (χ4n) is 1.95. The second-order valence-corrected chi connectivity index (χ2v) is 4.27. The van der Waals surface area contributed by atoms with Crippen LogP contribution in [-0.4, -0.2) is 12.1 Å². The van der Waals surface area contributed by atoms with Crippen molar-refractivity contribution in [2.45, 2.75) is 19.9 Å². The molecule has 3 N–H and O–H groups in total. The van der Waals surface area contributed by atoms with E-state index >= 15 is 0 Å². The molecule has 1 aromatic carbocycles. The maximum Gasteiger partial charge on any atom is 0.253 e. The first kappa shape index (κ1) is 11.7. The van der Waals surface area contributed by atoms with E-state index in [-0.39, 0.29) is 11.6 Å². The van der Waals surface area contributed by atoms with Crippen molar-refractivity contribution in [2.75, 3.05) is 7.11 Å². The number of nitrogens with two attached hydrogens (primary N) is 1. The van der Waals surface area contributed by atoms with Gasteiger partial charge in [0.2, 0.25) is 0 Å². The monoisotopic (exact) mass is 232 g/mol. The van der Waals surface area contributed by atoms with Crippen LogP contribution >= 0.6 is 0 Å². The lowest BCUT2D eigenvalue weighted by molar-refractivity contribution is 0.418. The molecule has 17 heavy (non-hydrogen) atoms. The molecule has 1 unspecified atom stereocenters. The average molecular weight is 232 g/mol. The topological polar surface area (TPSA) is 68.1 Å². The van der Waals surface area contributed by atoms with Gasteiger partial charge in [0.05, 0.1) is 12.6 Å². The van der Waals surface area contributed by atoms with Crippen molar-refractivity contribution in [1.29, 1.82) is 0 Å². The van der Waals surface area contributed by atoms with Crippen molar-refractivity contribution in [3.8, 4) is 5.75 Å². The van der Waals surface area contributed by atoms with Crippen LogP contribution in [0.5, 0.6) is 5.75 Å². The summed E-state index contributed by atoms with van der Waals surface area (Å²) in [5.74, 6) is 0.674. The molecule has 0 saturated carbocycles. The quantitative estimate of drug-likeness (QED) is 0.830. The minimum Gasteiger partial charge on any atom is -0.495 e. The molecule has 1 heterocycles. The Morgan fingerprint density at radius 2 is 2.06 bits per heavy atom. The molecular formula is C13H16N2O2. The van der Waals surface area contributed by atoms with Gasteiger partial charge in [-0.2, -0.15) is 0 Å². The van der Waals surface area contributed by atoms with Crippen LogP contribution in [0.4, 0.5) is 0 Å². The Labute approximate surface area is 99.4 Å². The predicted octanol–water partition coefficient (Wildman–Crippen LogP) is 1.86. The summed E-state index contributed by atoms with van der Waals surface area (Å²) in [6.45, 7) is 3.78. The van der Waals surface area contributed by atoms with E-state index in [0.717, 1.165) is 10.9 Å². The Morgan fingerprint density at radius 1 is 1.35 bits per heavy atom. The van der Waals surface area contributed by atoms with E-state index in [9.17, 15) is 4.79 Å². The van der Waals surface area contributed by atoms with Gasteiger partial charge >= 0.3 is 0 Å². The number of ether oxygens (including phenoxy) is 1. The number of rotatable bonds is 2. The maximum absolute atomic E-state index is 11.8. The first-order chi connectivity index (χ1) is 8.02. The summed E-state index contributed by atoms with van der Waals surface area (Å²) in [5, 5.41) is 0.939. The number of methoxy groups -OCH3 is 1. The fourth-order valence-corrected chi connectivity index (χ4v) is 1.95. The van der Waals surface area contributed by atoms with Gasteiger partial charge in [0.25, 0.3) is 5.56 Å². The van der Waals surface area contributed by atoms with Gasteiger partial charge < -0.3 is 15.5 Å². The molecular weight excluding hydrogens is 216 g/mol. The Kier molecular flexibility index (Phi) is 2.90. The molecule has 1 aromatic heterocycles. The number of nitrogens with one attached hydrogen (secondary N) is 1. The highest BCUT2D eigenvalue weighted by Crippen LogP contribution is 2.25. The molecule has 0 bridgehead atoms. The second-order valence-electron chi connectivity index (χ2n) is 4.27. The number of aromatic nitrogens is 1.